The first kappa shape index (κ1) is 9.07. The molecule has 0 aliphatic carbocycles. The summed E-state index contributed by atoms with van der Waals surface area (Å²) in [6.45, 7) is 3.90. The number of aliphatic hydroxyl groups is 1. The molecule has 0 heterocycles. The van der Waals surface area contributed by atoms with E-state index in [1.807, 2.05) is 32.0 Å². The second kappa shape index (κ2) is 3.59. The first-order valence-electron chi connectivity index (χ1n) is 4.19. The molecule has 0 spiro atoms. The minimum atomic E-state index is -0.425. The van der Waals surface area contributed by atoms with Crippen LogP contribution in [0.4, 0.5) is 5.69 Å². The van der Waals surface area contributed by atoms with Crippen molar-refractivity contribution in [2.75, 3.05) is 5.73 Å². The molecule has 0 fully saturated rings. The fourth-order valence-corrected chi connectivity index (χ4v) is 1.36. The first-order chi connectivity index (χ1) is 5.66. The number of aliphatic hydroxyl groups excluding tert-OH is 1. The van der Waals surface area contributed by atoms with Gasteiger partial charge in [-0.15, -0.1) is 0 Å². The van der Waals surface area contributed by atoms with E-state index in [1.54, 1.807) is 0 Å². The largest absolute Gasteiger partial charge is 0.398 e. The summed E-state index contributed by atoms with van der Waals surface area (Å²) in [5.74, 6) is 0. The van der Waals surface area contributed by atoms with Gasteiger partial charge in [-0.3, -0.25) is 0 Å². The molecular weight excluding hydrogens is 150 g/mol. The van der Waals surface area contributed by atoms with Gasteiger partial charge in [-0.2, -0.15) is 0 Å². The highest BCUT2D eigenvalue weighted by atomic mass is 16.3. The van der Waals surface area contributed by atoms with Gasteiger partial charge in [-0.1, -0.05) is 19.1 Å². The van der Waals surface area contributed by atoms with Crippen LogP contribution in [-0.2, 0) is 0 Å². The third-order valence-electron chi connectivity index (χ3n) is 2.08. The van der Waals surface area contributed by atoms with Crippen molar-refractivity contribution in [1.29, 1.82) is 0 Å². The third kappa shape index (κ3) is 1.59. The van der Waals surface area contributed by atoms with E-state index in [1.165, 1.54) is 0 Å². The topological polar surface area (TPSA) is 46.2 Å². The van der Waals surface area contributed by atoms with Gasteiger partial charge in [0, 0.05) is 11.3 Å². The van der Waals surface area contributed by atoms with E-state index in [2.05, 4.69) is 0 Å². The Hall–Kier alpha value is -1.02. The Labute approximate surface area is 73.0 Å². The molecule has 0 aromatic heterocycles. The summed E-state index contributed by atoms with van der Waals surface area (Å²) in [5.41, 5.74) is 8.36. The predicted molar refractivity (Wildman–Crippen MR) is 50.8 cm³/mol. The maximum absolute atomic E-state index is 9.61. The monoisotopic (exact) mass is 165 g/mol. The van der Waals surface area contributed by atoms with Crippen LogP contribution in [0.1, 0.15) is 30.6 Å². The smallest absolute Gasteiger partial charge is 0.0809 e. The van der Waals surface area contributed by atoms with Crippen molar-refractivity contribution in [2.45, 2.75) is 26.4 Å². The molecule has 0 radical (unpaired) electrons. The summed E-state index contributed by atoms with van der Waals surface area (Å²) in [6.07, 6.45) is 0.279. The molecule has 0 saturated carbocycles. The van der Waals surface area contributed by atoms with E-state index < -0.39 is 6.10 Å². The molecule has 1 aromatic carbocycles. The maximum Gasteiger partial charge on any atom is 0.0809 e. The normalized spacial score (nSPS) is 12.9. The number of anilines is 1. The molecule has 2 heteroatoms. The van der Waals surface area contributed by atoms with Gasteiger partial charge >= 0.3 is 0 Å². The van der Waals surface area contributed by atoms with E-state index in [9.17, 15) is 5.11 Å². The lowest BCUT2D eigenvalue weighted by molar-refractivity contribution is 0.174. The Morgan fingerprint density at radius 2 is 2.17 bits per heavy atom. The zero-order valence-electron chi connectivity index (χ0n) is 7.54. The zero-order valence-corrected chi connectivity index (χ0v) is 7.54. The van der Waals surface area contributed by atoms with Crippen LogP contribution in [0, 0.1) is 6.92 Å². The zero-order chi connectivity index (χ0) is 9.14. The van der Waals surface area contributed by atoms with Gasteiger partial charge < -0.3 is 10.8 Å². The molecule has 1 rings (SSSR count). The molecule has 0 bridgehead atoms. The molecule has 1 unspecified atom stereocenters. The average molecular weight is 165 g/mol. The van der Waals surface area contributed by atoms with Gasteiger partial charge in [0.15, 0.2) is 0 Å². The molecule has 66 valence electrons. The average Bonchev–Trinajstić information content (AvgIpc) is 2.03. The van der Waals surface area contributed by atoms with E-state index >= 15 is 0 Å². The summed E-state index contributed by atoms with van der Waals surface area (Å²) in [6, 6.07) is 5.68. The van der Waals surface area contributed by atoms with Crippen LogP contribution in [0.5, 0.6) is 0 Å². The Bertz CT molecular complexity index is 250. The lowest BCUT2D eigenvalue weighted by atomic mass is 10.00. The Kier molecular flexibility index (Phi) is 2.71. The van der Waals surface area contributed by atoms with Gasteiger partial charge in [0.2, 0.25) is 0 Å². The summed E-state index contributed by atoms with van der Waals surface area (Å²) in [7, 11) is 0. The number of rotatable bonds is 2. The van der Waals surface area contributed by atoms with Crippen LogP contribution < -0.4 is 5.73 Å². The predicted octanol–water partition coefficient (Wildman–Crippen LogP) is 2.02. The molecular formula is C10H15NO. The van der Waals surface area contributed by atoms with Crippen molar-refractivity contribution >= 4 is 5.69 Å². The molecule has 0 amide bonds. The van der Waals surface area contributed by atoms with E-state index in [0.717, 1.165) is 11.1 Å². The van der Waals surface area contributed by atoms with Gasteiger partial charge in [0.05, 0.1) is 6.10 Å². The second-order valence-corrected chi connectivity index (χ2v) is 3.00. The lowest BCUT2D eigenvalue weighted by Crippen LogP contribution is -2.03. The van der Waals surface area contributed by atoms with Crippen molar-refractivity contribution in [1.82, 2.24) is 0 Å². The van der Waals surface area contributed by atoms with E-state index in [-0.39, 0.29) is 0 Å². The highest BCUT2D eigenvalue weighted by Gasteiger charge is 2.10. The van der Waals surface area contributed by atoms with Crippen LogP contribution in [0.3, 0.4) is 0 Å². The molecule has 1 aromatic rings. The van der Waals surface area contributed by atoms with Gasteiger partial charge in [-0.25, -0.2) is 0 Å². The minimum Gasteiger partial charge on any atom is -0.398 e. The number of nitrogen functional groups attached to an aromatic ring is 1. The highest BCUT2D eigenvalue weighted by Crippen LogP contribution is 2.25. The van der Waals surface area contributed by atoms with E-state index in [4.69, 9.17) is 5.73 Å². The van der Waals surface area contributed by atoms with Gasteiger partial charge in [0.25, 0.3) is 0 Å². The number of hydrogen-bond acceptors (Lipinski definition) is 2. The van der Waals surface area contributed by atoms with E-state index in [0.29, 0.717) is 12.1 Å². The van der Waals surface area contributed by atoms with Crippen molar-refractivity contribution in [3.8, 4) is 0 Å². The molecule has 12 heavy (non-hydrogen) atoms. The van der Waals surface area contributed by atoms with Crippen LogP contribution in [0.15, 0.2) is 18.2 Å². The molecule has 0 aliphatic heterocycles. The van der Waals surface area contributed by atoms with Crippen LogP contribution in [0.25, 0.3) is 0 Å². The van der Waals surface area contributed by atoms with Crippen LogP contribution in [0.2, 0.25) is 0 Å². The SMILES string of the molecule is CCC(O)c1c(C)cccc1N. The maximum atomic E-state index is 9.61. The van der Waals surface area contributed by atoms with Crippen molar-refractivity contribution in [3.05, 3.63) is 29.3 Å². The summed E-state index contributed by atoms with van der Waals surface area (Å²) >= 11 is 0. The Morgan fingerprint density at radius 3 is 2.67 bits per heavy atom. The van der Waals surface area contributed by atoms with Crippen molar-refractivity contribution in [3.63, 3.8) is 0 Å². The number of hydrogen-bond donors (Lipinski definition) is 2. The van der Waals surface area contributed by atoms with Crippen LogP contribution in [-0.4, -0.2) is 5.11 Å². The van der Waals surface area contributed by atoms with Crippen molar-refractivity contribution < 1.29 is 5.11 Å². The van der Waals surface area contributed by atoms with Gasteiger partial charge in [-0.05, 0) is 25.0 Å². The summed E-state index contributed by atoms with van der Waals surface area (Å²) in [4.78, 5) is 0. The summed E-state index contributed by atoms with van der Waals surface area (Å²) in [5, 5.41) is 9.61. The Balaban J connectivity index is 3.12. The quantitative estimate of drug-likeness (QED) is 0.658. The second-order valence-electron chi connectivity index (χ2n) is 3.00. The lowest BCUT2D eigenvalue weighted by Gasteiger charge is -2.13. The molecule has 3 N–H and O–H groups in total. The minimum absolute atomic E-state index is 0.425. The molecule has 0 saturated heterocycles. The summed E-state index contributed by atoms with van der Waals surface area (Å²) < 4.78 is 0. The fourth-order valence-electron chi connectivity index (χ4n) is 1.36. The fraction of sp³-hybridized carbons (Fsp3) is 0.400. The number of aryl methyl sites for hydroxylation is 1. The molecule has 0 aliphatic rings. The number of nitrogens with two attached hydrogens (primary N) is 1. The van der Waals surface area contributed by atoms with Crippen molar-refractivity contribution in [2.24, 2.45) is 0 Å². The number of benzene rings is 1. The van der Waals surface area contributed by atoms with Gasteiger partial charge in [0.1, 0.15) is 0 Å². The third-order valence-corrected chi connectivity index (χ3v) is 2.08. The first-order valence-corrected chi connectivity index (χ1v) is 4.19. The molecule has 2 nitrogen and oxygen atoms in total. The highest BCUT2D eigenvalue weighted by molar-refractivity contribution is 5.51. The molecule has 1 atom stereocenters. The standard InChI is InChI=1S/C10H15NO/c1-3-9(12)10-7(2)5-4-6-8(10)11/h4-6,9,12H,3,11H2,1-2H3. The Morgan fingerprint density at radius 1 is 1.50 bits per heavy atom. The van der Waals surface area contributed by atoms with Crippen LogP contribution >= 0.6 is 0 Å².